The summed E-state index contributed by atoms with van der Waals surface area (Å²) in [7, 11) is 0. The molecule has 0 amide bonds. The molecule has 6 aromatic rings. The molecule has 0 spiro atoms. The molecule has 1 atom stereocenters. The van der Waals surface area contributed by atoms with E-state index in [9.17, 15) is 0 Å². The van der Waals surface area contributed by atoms with Gasteiger partial charge in [-0.3, -0.25) is 0 Å². The van der Waals surface area contributed by atoms with Gasteiger partial charge in [0.2, 0.25) is 0 Å². The zero-order chi connectivity index (χ0) is 29.5. The molecule has 0 saturated carbocycles. The van der Waals surface area contributed by atoms with E-state index in [1.807, 2.05) is 0 Å². The molecule has 6 aromatic carbocycles. The smallest absolute Gasteiger partial charge is 0.0384 e. The van der Waals surface area contributed by atoms with E-state index < -0.39 is 0 Å². The average molecular weight is 564 g/mol. The van der Waals surface area contributed by atoms with E-state index in [2.05, 4.69) is 176 Å². The first-order valence-electron chi connectivity index (χ1n) is 15.4. The van der Waals surface area contributed by atoms with Gasteiger partial charge >= 0.3 is 0 Å². The highest BCUT2D eigenvalue weighted by atomic mass is 14.9. The van der Waals surface area contributed by atoms with Gasteiger partial charge in [0.1, 0.15) is 0 Å². The van der Waals surface area contributed by atoms with Crippen molar-refractivity contribution in [1.82, 2.24) is 0 Å². The number of allylic oxidation sites excluding steroid dienone is 8. The quantitative estimate of drug-likeness (QED) is 0.206. The maximum atomic E-state index is 3.60. The van der Waals surface area contributed by atoms with Crippen LogP contribution in [0, 0.1) is 5.41 Å². The van der Waals surface area contributed by atoms with E-state index in [1.54, 1.807) is 0 Å². The predicted octanol–water partition coefficient (Wildman–Crippen LogP) is 11.9. The van der Waals surface area contributed by atoms with Crippen LogP contribution in [0.25, 0.3) is 49.4 Å². The fourth-order valence-electron chi connectivity index (χ4n) is 6.75. The SMILES string of the molecule is C[C@@]12C=CC=CC1=CC(c1ccc(Nc3ccc(-c4ccccc4-c4cc5ccccc5c5ccccc45)cc3)cc1)=CC2. The van der Waals surface area contributed by atoms with Crippen molar-refractivity contribution in [2.24, 2.45) is 5.41 Å². The van der Waals surface area contributed by atoms with Gasteiger partial charge in [-0.25, -0.2) is 0 Å². The molecule has 0 unspecified atom stereocenters. The second-order valence-corrected chi connectivity index (χ2v) is 12.1. The summed E-state index contributed by atoms with van der Waals surface area (Å²) in [4.78, 5) is 0. The van der Waals surface area contributed by atoms with Crippen molar-refractivity contribution in [3.63, 3.8) is 0 Å². The Labute approximate surface area is 259 Å². The molecule has 210 valence electrons. The summed E-state index contributed by atoms with van der Waals surface area (Å²) >= 11 is 0. The minimum atomic E-state index is 0.121. The predicted molar refractivity (Wildman–Crippen MR) is 189 cm³/mol. The van der Waals surface area contributed by atoms with Crippen molar-refractivity contribution in [3.05, 3.63) is 175 Å². The van der Waals surface area contributed by atoms with Crippen molar-refractivity contribution >= 4 is 38.5 Å². The van der Waals surface area contributed by atoms with Gasteiger partial charge in [-0.1, -0.05) is 140 Å². The molecule has 0 heterocycles. The maximum absolute atomic E-state index is 3.60. The second kappa shape index (κ2) is 10.7. The third-order valence-corrected chi connectivity index (χ3v) is 9.26. The van der Waals surface area contributed by atoms with Gasteiger partial charge in [0.05, 0.1) is 0 Å². The van der Waals surface area contributed by atoms with Gasteiger partial charge in [0, 0.05) is 16.8 Å². The van der Waals surface area contributed by atoms with Crippen molar-refractivity contribution in [2.45, 2.75) is 13.3 Å². The Bertz CT molecular complexity index is 2160. The Hall–Kier alpha value is -5.40. The van der Waals surface area contributed by atoms with Crippen molar-refractivity contribution in [3.8, 4) is 22.3 Å². The van der Waals surface area contributed by atoms with Gasteiger partial charge in [-0.05, 0) is 97.3 Å². The molecular weight excluding hydrogens is 530 g/mol. The van der Waals surface area contributed by atoms with Gasteiger partial charge < -0.3 is 5.32 Å². The summed E-state index contributed by atoms with van der Waals surface area (Å²) in [5.41, 5.74) is 11.2. The second-order valence-electron chi connectivity index (χ2n) is 12.1. The number of rotatable bonds is 5. The van der Waals surface area contributed by atoms with Gasteiger partial charge in [-0.2, -0.15) is 0 Å². The summed E-state index contributed by atoms with van der Waals surface area (Å²) in [5.74, 6) is 0. The lowest BCUT2D eigenvalue weighted by molar-refractivity contribution is 0.528. The third-order valence-electron chi connectivity index (χ3n) is 9.26. The number of benzene rings is 6. The highest BCUT2D eigenvalue weighted by Crippen LogP contribution is 2.43. The number of anilines is 2. The molecule has 1 N–H and O–H groups in total. The average Bonchev–Trinajstić information content (AvgIpc) is 3.08. The number of nitrogens with one attached hydrogen (secondary N) is 1. The molecule has 0 saturated heterocycles. The topological polar surface area (TPSA) is 12.0 Å². The van der Waals surface area contributed by atoms with Gasteiger partial charge in [0.25, 0.3) is 0 Å². The molecule has 2 aliphatic carbocycles. The van der Waals surface area contributed by atoms with Crippen LogP contribution < -0.4 is 5.32 Å². The van der Waals surface area contributed by atoms with E-state index in [0.717, 1.165) is 17.8 Å². The first kappa shape index (κ1) is 26.2. The van der Waals surface area contributed by atoms with E-state index in [4.69, 9.17) is 0 Å². The normalized spacial score (nSPS) is 17.3. The Kier molecular flexibility index (Phi) is 6.38. The number of fused-ring (bicyclic) bond motifs is 4. The molecule has 8 rings (SSSR count). The zero-order valence-corrected chi connectivity index (χ0v) is 24.8. The molecule has 0 bridgehead atoms. The lowest BCUT2D eigenvalue weighted by atomic mass is 9.72. The van der Waals surface area contributed by atoms with Crippen LogP contribution >= 0.6 is 0 Å². The summed E-state index contributed by atoms with van der Waals surface area (Å²) < 4.78 is 0. The highest BCUT2D eigenvalue weighted by molar-refractivity contribution is 6.14. The Morgan fingerprint density at radius 1 is 0.568 bits per heavy atom. The Morgan fingerprint density at radius 2 is 1.20 bits per heavy atom. The Morgan fingerprint density at radius 3 is 1.98 bits per heavy atom. The van der Waals surface area contributed by atoms with Crippen molar-refractivity contribution in [2.75, 3.05) is 5.32 Å². The number of hydrogen-bond donors (Lipinski definition) is 1. The minimum Gasteiger partial charge on any atom is -0.356 e. The highest BCUT2D eigenvalue weighted by Gasteiger charge is 2.28. The van der Waals surface area contributed by atoms with Crippen LogP contribution in [0.15, 0.2) is 169 Å². The molecule has 2 aliphatic rings. The van der Waals surface area contributed by atoms with Crippen LogP contribution in [0.2, 0.25) is 0 Å². The van der Waals surface area contributed by atoms with Crippen LogP contribution in [-0.2, 0) is 0 Å². The van der Waals surface area contributed by atoms with Crippen LogP contribution in [0.1, 0.15) is 18.9 Å². The molecule has 1 nitrogen and oxygen atoms in total. The lowest BCUT2D eigenvalue weighted by Crippen LogP contribution is -2.18. The van der Waals surface area contributed by atoms with E-state index in [0.29, 0.717) is 0 Å². The monoisotopic (exact) mass is 563 g/mol. The fourth-order valence-corrected chi connectivity index (χ4v) is 6.75. The lowest BCUT2D eigenvalue weighted by Gasteiger charge is -2.32. The van der Waals surface area contributed by atoms with Crippen LogP contribution in [-0.4, -0.2) is 0 Å². The third kappa shape index (κ3) is 4.68. The standard InChI is InChI=1S/C43H33N/c1-43-26-9-8-11-34(43)28-32(25-27-43)30-17-21-35(22-18-30)44-36-23-19-31(20-24-36)37-12-4-5-15-40(37)42-29-33-10-2-3-13-38(33)39-14-6-7-16-41(39)42/h2-26,28-29,44H,27H2,1H3/t43-/m0/s1. The van der Waals surface area contributed by atoms with Crippen LogP contribution in [0.4, 0.5) is 11.4 Å². The molecular formula is C43H33N. The molecule has 1 heteroatoms. The van der Waals surface area contributed by atoms with Gasteiger partial charge in [-0.15, -0.1) is 0 Å². The van der Waals surface area contributed by atoms with E-state index in [1.165, 1.54) is 60.5 Å². The molecule has 44 heavy (non-hydrogen) atoms. The molecule has 0 radical (unpaired) electrons. The molecule has 0 aromatic heterocycles. The molecule has 0 aliphatic heterocycles. The Balaban J connectivity index is 1.06. The van der Waals surface area contributed by atoms with Crippen LogP contribution in [0.5, 0.6) is 0 Å². The van der Waals surface area contributed by atoms with E-state index in [-0.39, 0.29) is 5.41 Å². The summed E-state index contributed by atoms with van der Waals surface area (Å²) in [6.07, 6.45) is 14.6. The first-order chi connectivity index (χ1) is 21.6. The van der Waals surface area contributed by atoms with Crippen LogP contribution in [0.3, 0.4) is 0 Å². The maximum Gasteiger partial charge on any atom is 0.0384 e. The zero-order valence-electron chi connectivity index (χ0n) is 24.8. The summed E-state index contributed by atoms with van der Waals surface area (Å²) in [6, 6.07) is 46.1. The first-order valence-corrected chi connectivity index (χ1v) is 15.4. The van der Waals surface area contributed by atoms with Crippen molar-refractivity contribution < 1.29 is 0 Å². The largest absolute Gasteiger partial charge is 0.356 e. The fraction of sp³-hybridized carbons (Fsp3) is 0.0698. The van der Waals surface area contributed by atoms with E-state index >= 15 is 0 Å². The minimum absolute atomic E-state index is 0.121. The van der Waals surface area contributed by atoms with Gasteiger partial charge in [0.15, 0.2) is 0 Å². The summed E-state index contributed by atoms with van der Waals surface area (Å²) in [6.45, 7) is 2.31. The number of hydrogen-bond acceptors (Lipinski definition) is 1. The van der Waals surface area contributed by atoms with Crippen molar-refractivity contribution in [1.29, 1.82) is 0 Å². The summed E-state index contributed by atoms with van der Waals surface area (Å²) in [5, 5.41) is 8.73. The molecule has 0 fully saturated rings.